The largest absolute Gasteiger partial charge is 0.151 e. The Morgan fingerprint density at radius 1 is 0.650 bits per heavy atom. The molecule has 5 heteroatoms. The summed E-state index contributed by atoms with van der Waals surface area (Å²) < 4.78 is 0. The molecule has 0 N–H and O–H groups in total. The van der Waals surface area contributed by atoms with Gasteiger partial charge in [0.15, 0.2) is 0 Å². The van der Waals surface area contributed by atoms with E-state index in [9.17, 15) is 0 Å². The summed E-state index contributed by atoms with van der Waals surface area (Å²) in [6.07, 6.45) is 0. The van der Waals surface area contributed by atoms with Gasteiger partial charge < -0.3 is 0 Å². The second kappa shape index (κ2) is 5.51. The summed E-state index contributed by atoms with van der Waals surface area (Å²) in [4.78, 5) is 0. The lowest BCUT2D eigenvalue weighted by atomic mass is 10.4. The number of rotatable bonds is 3. The van der Waals surface area contributed by atoms with Crippen molar-refractivity contribution >= 4 is 67.8 Å². The van der Waals surface area contributed by atoms with Crippen LogP contribution >= 0.6 is 40.0 Å². The van der Waals surface area contributed by atoms with Gasteiger partial charge in [0, 0.05) is 38.1 Å². The second-order valence-electron chi connectivity index (χ2n) is 4.93. The molecular weight excluding hydrogens is 339 g/mol. The van der Waals surface area contributed by atoms with Gasteiger partial charge in [0.25, 0.3) is 0 Å². The smallest absolute Gasteiger partial charge is 0.0411 e. The quantitative estimate of drug-likeness (QED) is 0.622. The number of hydrogen-bond acceptors (Lipinski definition) is 4. The lowest BCUT2D eigenvalue weighted by Crippen LogP contribution is -2.26. The first-order valence-corrected chi connectivity index (χ1v) is 11.9. The van der Waals surface area contributed by atoms with E-state index in [1.165, 1.54) is 32.6 Å². The van der Waals surface area contributed by atoms with E-state index in [0.29, 0.717) is 0 Å². The van der Waals surface area contributed by atoms with E-state index in [2.05, 4.69) is 53.1 Å². The molecule has 0 bridgehead atoms. The van der Waals surface area contributed by atoms with Crippen LogP contribution in [0.25, 0.3) is 0 Å². The molecule has 0 aliphatic rings. The van der Waals surface area contributed by atoms with E-state index in [1.807, 2.05) is 0 Å². The lowest BCUT2D eigenvalue weighted by molar-refractivity contribution is 1.57. The molecule has 0 unspecified atom stereocenters. The first kappa shape index (κ1) is 14.7. The highest BCUT2D eigenvalue weighted by Crippen LogP contribution is 2.47. The molecule has 0 spiro atoms. The molecule has 0 amide bonds. The number of hydrogen-bond donors (Lipinski definition) is 0. The first-order chi connectivity index (χ1) is 9.55. The zero-order valence-corrected chi connectivity index (χ0v) is 15.7. The molecule has 0 aliphatic carbocycles. The summed E-state index contributed by atoms with van der Waals surface area (Å²) in [5, 5.41) is 17.6. The van der Waals surface area contributed by atoms with Gasteiger partial charge in [0.2, 0.25) is 0 Å². The molecule has 3 aromatic heterocycles. The van der Waals surface area contributed by atoms with Gasteiger partial charge in [0.1, 0.15) is 0 Å². The highest BCUT2D eigenvalue weighted by atomic mass is 32.4. The Balaban J connectivity index is 2.36. The standard InChI is InChI=1S/C15H15PS4/c1-10-4-18-7-13(10)16(17,14-8-19-5-11(14)2)15-9-20-6-12(15)3/h4-9H,1-3H3. The highest BCUT2D eigenvalue weighted by molar-refractivity contribution is 8.25. The fourth-order valence-corrected chi connectivity index (χ4v) is 12.1. The third kappa shape index (κ3) is 2.18. The van der Waals surface area contributed by atoms with E-state index >= 15 is 0 Å². The van der Waals surface area contributed by atoms with Crippen LogP contribution in [-0.4, -0.2) is 0 Å². The zero-order valence-electron chi connectivity index (χ0n) is 11.5. The van der Waals surface area contributed by atoms with Crippen LogP contribution in [0.1, 0.15) is 16.7 Å². The van der Waals surface area contributed by atoms with Gasteiger partial charge in [-0.05, 0) is 53.6 Å². The Labute approximate surface area is 137 Å². The Hall–Kier alpha value is -0.250. The molecule has 3 aromatic rings. The van der Waals surface area contributed by atoms with Gasteiger partial charge in [-0.1, -0.05) is 11.8 Å². The van der Waals surface area contributed by atoms with Crippen molar-refractivity contribution in [2.24, 2.45) is 0 Å². The predicted octanol–water partition coefficient (Wildman–Crippen LogP) is 4.55. The van der Waals surface area contributed by atoms with Crippen LogP contribution in [0.15, 0.2) is 32.3 Å². The normalized spacial score (nSPS) is 11.9. The van der Waals surface area contributed by atoms with Crippen LogP contribution < -0.4 is 15.9 Å². The highest BCUT2D eigenvalue weighted by Gasteiger charge is 2.30. The second-order valence-corrected chi connectivity index (χ2v) is 11.5. The van der Waals surface area contributed by atoms with Crippen LogP contribution in [0.3, 0.4) is 0 Å². The molecule has 0 aliphatic heterocycles. The monoisotopic (exact) mass is 354 g/mol. The van der Waals surface area contributed by atoms with E-state index in [-0.39, 0.29) is 0 Å². The summed E-state index contributed by atoms with van der Waals surface area (Å²) in [6, 6.07) is -1.88. The lowest BCUT2D eigenvalue weighted by Gasteiger charge is -2.23. The van der Waals surface area contributed by atoms with Crippen LogP contribution in [0.5, 0.6) is 0 Å². The Morgan fingerprint density at radius 2 is 0.950 bits per heavy atom. The van der Waals surface area contributed by atoms with Crippen LogP contribution in [0, 0.1) is 20.8 Å². The summed E-state index contributed by atoms with van der Waals surface area (Å²) >= 11 is 11.7. The summed E-state index contributed by atoms with van der Waals surface area (Å²) in [6.45, 7) is 6.57. The number of thiophene rings is 3. The van der Waals surface area contributed by atoms with Gasteiger partial charge in [-0.3, -0.25) is 0 Å². The van der Waals surface area contributed by atoms with Gasteiger partial charge in [0.05, 0.1) is 0 Å². The zero-order chi connectivity index (χ0) is 14.3. The first-order valence-electron chi connectivity index (χ1n) is 6.25. The predicted molar refractivity (Wildman–Crippen MR) is 100 cm³/mol. The van der Waals surface area contributed by atoms with Crippen LogP contribution in [0.4, 0.5) is 0 Å². The topological polar surface area (TPSA) is 0 Å². The Kier molecular flexibility index (Phi) is 4.04. The summed E-state index contributed by atoms with van der Waals surface area (Å²) in [7, 11) is 0. The minimum atomic E-state index is -1.88. The fourth-order valence-electron chi connectivity index (χ4n) is 2.42. The molecule has 0 radical (unpaired) electrons. The SMILES string of the molecule is Cc1cscc1P(=S)(c1cscc1C)c1cscc1C. The molecule has 0 nitrogen and oxygen atoms in total. The average molecular weight is 355 g/mol. The van der Waals surface area contributed by atoms with Crippen molar-refractivity contribution in [3.8, 4) is 0 Å². The van der Waals surface area contributed by atoms with Crippen molar-refractivity contribution in [1.82, 2.24) is 0 Å². The van der Waals surface area contributed by atoms with Crippen LogP contribution in [0.2, 0.25) is 0 Å². The van der Waals surface area contributed by atoms with Crippen molar-refractivity contribution in [1.29, 1.82) is 0 Å². The molecule has 0 aromatic carbocycles. The molecule has 0 saturated heterocycles. The third-order valence-electron chi connectivity index (χ3n) is 3.50. The van der Waals surface area contributed by atoms with Crippen molar-refractivity contribution in [3.05, 3.63) is 49.0 Å². The third-order valence-corrected chi connectivity index (χ3v) is 11.9. The van der Waals surface area contributed by atoms with E-state index in [4.69, 9.17) is 11.8 Å². The Bertz CT molecular complexity index is 685. The van der Waals surface area contributed by atoms with Crippen molar-refractivity contribution in [2.45, 2.75) is 20.8 Å². The van der Waals surface area contributed by atoms with Crippen molar-refractivity contribution in [3.63, 3.8) is 0 Å². The average Bonchev–Trinajstić information content (AvgIpc) is 3.10. The Morgan fingerprint density at radius 3 is 1.15 bits per heavy atom. The number of aryl methyl sites for hydroxylation is 3. The van der Waals surface area contributed by atoms with Gasteiger partial charge in [-0.2, -0.15) is 34.0 Å². The minimum absolute atomic E-state index is 1.34. The molecule has 104 valence electrons. The molecule has 0 fully saturated rings. The summed E-state index contributed by atoms with van der Waals surface area (Å²) in [5.41, 5.74) is 4.03. The maximum absolute atomic E-state index is 6.36. The van der Waals surface area contributed by atoms with E-state index in [0.717, 1.165) is 0 Å². The summed E-state index contributed by atoms with van der Waals surface area (Å²) in [5.74, 6) is 0. The van der Waals surface area contributed by atoms with Crippen LogP contribution in [-0.2, 0) is 11.8 Å². The minimum Gasteiger partial charge on any atom is -0.151 e. The molecule has 3 rings (SSSR count). The molecule has 0 saturated carbocycles. The van der Waals surface area contributed by atoms with E-state index < -0.39 is 6.04 Å². The fraction of sp³-hybridized carbons (Fsp3) is 0.200. The maximum atomic E-state index is 6.36. The molecule has 20 heavy (non-hydrogen) atoms. The van der Waals surface area contributed by atoms with Gasteiger partial charge >= 0.3 is 0 Å². The molecule has 3 heterocycles. The van der Waals surface area contributed by atoms with Crippen molar-refractivity contribution < 1.29 is 0 Å². The molecule has 0 atom stereocenters. The van der Waals surface area contributed by atoms with Crippen molar-refractivity contribution in [2.75, 3.05) is 0 Å². The van der Waals surface area contributed by atoms with Gasteiger partial charge in [-0.25, -0.2) is 0 Å². The maximum Gasteiger partial charge on any atom is 0.0411 e. The molecular formula is C15H15PS4. The van der Waals surface area contributed by atoms with E-state index in [1.54, 1.807) is 34.0 Å². The van der Waals surface area contributed by atoms with Gasteiger partial charge in [-0.15, -0.1) is 0 Å².